The second-order valence-corrected chi connectivity index (χ2v) is 12.5. The van der Waals surface area contributed by atoms with Crippen LogP contribution in [0.2, 0.25) is 5.02 Å². The molecule has 256 valence electrons. The highest BCUT2D eigenvalue weighted by Crippen LogP contribution is 2.55. The van der Waals surface area contributed by atoms with Gasteiger partial charge in [-0.25, -0.2) is 0 Å². The summed E-state index contributed by atoms with van der Waals surface area (Å²) < 4.78 is 118. The number of carbonyl (C=O) groups is 1. The molecular formula is C34H36ClF8N3O. The first-order chi connectivity index (χ1) is 22.0. The smallest absolute Gasteiger partial charge is 0.369 e. The molecule has 13 heteroatoms. The second-order valence-electron chi connectivity index (χ2n) is 12.1. The molecule has 1 fully saturated rings. The molecule has 4 rings (SSSR count). The summed E-state index contributed by atoms with van der Waals surface area (Å²) >= 11 is 6.02. The highest BCUT2D eigenvalue weighted by atomic mass is 35.5. The molecule has 3 aromatic carbocycles. The molecule has 1 unspecified atom stereocenters. The average Bonchev–Trinajstić information content (AvgIpc) is 3.50. The van der Waals surface area contributed by atoms with Crippen LogP contribution in [-0.4, -0.2) is 72.6 Å². The Morgan fingerprint density at radius 3 is 1.81 bits per heavy atom. The summed E-state index contributed by atoms with van der Waals surface area (Å²) in [5.74, 6) is -25.0. The maximum Gasteiger partial charge on any atom is 0.378 e. The van der Waals surface area contributed by atoms with Gasteiger partial charge in [-0.15, -0.1) is 0 Å². The van der Waals surface area contributed by atoms with E-state index in [9.17, 15) is 39.9 Å². The van der Waals surface area contributed by atoms with Crippen molar-refractivity contribution in [2.45, 2.75) is 54.9 Å². The lowest BCUT2D eigenvalue weighted by Crippen LogP contribution is -2.63. The molecule has 2 N–H and O–H groups in total. The molecule has 1 heterocycles. The number of halogens is 9. The van der Waals surface area contributed by atoms with Crippen molar-refractivity contribution in [2.75, 3.05) is 33.2 Å². The monoisotopic (exact) mass is 689 g/mol. The van der Waals surface area contributed by atoms with E-state index in [1.54, 1.807) is 78.9 Å². The number of nitrogens with two attached hydrogens (primary N) is 1. The molecule has 0 saturated carbocycles. The number of benzene rings is 3. The SMILES string of the molecule is CN(CCC(F)(F)C(F)(F)C(F)(F)C(F)(F)CCN1CCC(C(C(N)=O)(c2ccccc2)c2ccccc2)C1)Cc1ccccc1Cl. The van der Waals surface area contributed by atoms with Crippen molar-refractivity contribution in [3.8, 4) is 0 Å². The summed E-state index contributed by atoms with van der Waals surface area (Å²) in [6.07, 6.45) is -3.37. The van der Waals surface area contributed by atoms with Crippen molar-refractivity contribution in [1.82, 2.24) is 9.80 Å². The predicted molar refractivity (Wildman–Crippen MR) is 164 cm³/mol. The van der Waals surface area contributed by atoms with E-state index in [4.69, 9.17) is 17.3 Å². The minimum absolute atomic E-state index is 0.0568. The van der Waals surface area contributed by atoms with Gasteiger partial charge in [-0.05, 0) is 48.7 Å². The van der Waals surface area contributed by atoms with Crippen LogP contribution in [0.4, 0.5) is 35.1 Å². The quantitative estimate of drug-likeness (QED) is 0.165. The fraction of sp³-hybridized carbons (Fsp3) is 0.441. The topological polar surface area (TPSA) is 49.6 Å². The van der Waals surface area contributed by atoms with Gasteiger partial charge < -0.3 is 15.5 Å². The lowest BCUT2D eigenvalue weighted by Gasteiger charge is -2.38. The first-order valence-corrected chi connectivity index (χ1v) is 15.4. The van der Waals surface area contributed by atoms with Crippen LogP contribution in [0.5, 0.6) is 0 Å². The van der Waals surface area contributed by atoms with Crippen LogP contribution in [0.3, 0.4) is 0 Å². The Bertz CT molecular complexity index is 1450. The van der Waals surface area contributed by atoms with Gasteiger partial charge in [0.25, 0.3) is 0 Å². The number of primary amides is 1. The summed E-state index contributed by atoms with van der Waals surface area (Å²) in [5.41, 5.74) is 6.16. The maximum atomic E-state index is 14.9. The number of alkyl halides is 8. The Morgan fingerprint density at radius 1 is 0.809 bits per heavy atom. The summed E-state index contributed by atoms with van der Waals surface area (Å²) in [6.45, 7) is -1.66. The molecule has 1 saturated heterocycles. The number of likely N-dealkylation sites (tertiary alicyclic amines) is 1. The van der Waals surface area contributed by atoms with Crippen molar-refractivity contribution < 1.29 is 39.9 Å². The minimum atomic E-state index is -6.37. The minimum Gasteiger partial charge on any atom is -0.369 e. The molecule has 1 aliphatic heterocycles. The Balaban J connectivity index is 1.45. The summed E-state index contributed by atoms with van der Waals surface area (Å²) in [5, 5.41) is 0.285. The molecule has 0 bridgehead atoms. The number of carbonyl (C=O) groups excluding carboxylic acids is 1. The summed E-state index contributed by atoms with van der Waals surface area (Å²) in [7, 11) is 1.29. The predicted octanol–water partition coefficient (Wildman–Crippen LogP) is 7.89. The van der Waals surface area contributed by atoms with Crippen LogP contribution in [0.25, 0.3) is 0 Å². The zero-order valence-electron chi connectivity index (χ0n) is 25.6. The van der Waals surface area contributed by atoms with E-state index < -0.39 is 66.9 Å². The summed E-state index contributed by atoms with van der Waals surface area (Å²) in [4.78, 5) is 15.7. The first kappa shape index (κ1) is 36.6. The molecule has 0 radical (unpaired) electrons. The Hall–Kier alpha value is -3.22. The number of hydrogen-bond acceptors (Lipinski definition) is 3. The lowest BCUT2D eigenvalue weighted by molar-refractivity contribution is -0.368. The Kier molecular flexibility index (Phi) is 11.0. The van der Waals surface area contributed by atoms with Gasteiger partial charge in [0.15, 0.2) is 0 Å². The molecule has 1 aliphatic rings. The highest BCUT2D eigenvalue weighted by Gasteiger charge is 2.79. The third-order valence-corrected chi connectivity index (χ3v) is 9.36. The standard InChI is InChI=1S/C34H36ClF8N3O/c1-45(22-24-10-8-9-15-28(24)35)20-17-30(36,37)33(40,41)34(42,43)31(38,39)18-21-46-19-16-27(23-46)32(29(44)47,25-11-4-2-5-12-25)26-13-6-3-7-14-26/h2-15,27H,16-23H2,1H3,(H2,44,47). The van der Waals surface area contributed by atoms with E-state index in [1.165, 1.54) is 18.0 Å². The molecule has 47 heavy (non-hydrogen) atoms. The third kappa shape index (κ3) is 7.15. The van der Waals surface area contributed by atoms with Gasteiger partial charge in [-0.1, -0.05) is 90.5 Å². The molecule has 4 nitrogen and oxygen atoms in total. The van der Waals surface area contributed by atoms with E-state index in [0.717, 1.165) is 4.90 Å². The van der Waals surface area contributed by atoms with Crippen molar-refractivity contribution in [2.24, 2.45) is 11.7 Å². The number of hydrogen-bond donors (Lipinski definition) is 1. The molecule has 1 amide bonds. The maximum absolute atomic E-state index is 14.9. The van der Waals surface area contributed by atoms with Crippen LogP contribution < -0.4 is 5.73 Å². The van der Waals surface area contributed by atoms with Crippen molar-refractivity contribution in [1.29, 1.82) is 0 Å². The van der Waals surface area contributed by atoms with Gasteiger partial charge in [0.05, 0.1) is 0 Å². The van der Waals surface area contributed by atoms with Crippen LogP contribution in [0, 0.1) is 5.92 Å². The lowest BCUT2D eigenvalue weighted by atomic mass is 9.64. The fourth-order valence-corrected chi connectivity index (χ4v) is 6.51. The number of amides is 1. The Labute approximate surface area is 273 Å². The Morgan fingerprint density at radius 2 is 1.30 bits per heavy atom. The highest BCUT2D eigenvalue weighted by molar-refractivity contribution is 6.31. The third-order valence-electron chi connectivity index (χ3n) is 8.99. The van der Waals surface area contributed by atoms with Crippen LogP contribution >= 0.6 is 11.6 Å². The van der Waals surface area contributed by atoms with Crippen molar-refractivity contribution >= 4 is 17.5 Å². The zero-order valence-corrected chi connectivity index (χ0v) is 26.4. The van der Waals surface area contributed by atoms with E-state index in [2.05, 4.69) is 0 Å². The van der Waals surface area contributed by atoms with E-state index in [-0.39, 0.29) is 31.1 Å². The van der Waals surface area contributed by atoms with Gasteiger partial charge in [-0.3, -0.25) is 4.79 Å². The van der Waals surface area contributed by atoms with Crippen molar-refractivity contribution in [3.05, 3.63) is 107 Å². The normalized spacial score (nSPS) is 17.0. The number of nitrogens with zero attached hydrogens (tertiary/aromatic N) is 2. The molecule has 3 aromatic rings. The van der Waals surface area contributed by atoms with E-state index >= 15 is 0 Å². The number of rotatable bonds is 15. The molecule has 0 aromatic heterocycles. The largest absolute Gasteiger partial charge is 0.378 e. The molecular weight excluding hydrogens is 654 g/mol. The van der Waals surface area contributed by atoms with Crippen LogP contribution in [-0.2, 0) is 16.8 Å². The van der Waals surface area contributed by atoms with E-state index in [0.29, 0.717) is 16.7 Å². The van der Waals surface area contributed by atoms with Gasteiger partial charge in [0.1, 0.15) is 5.41 Å². The second kappa shape index (κ2) is 14.1. The van der Waals surface area contributed by atoms with Gasteiger partial charge >= 0.3 is 23.7 Å². The van der Waals surface area contributed by atoms with Gasteiger partial charge in [-0.2, -0.15) is 35.1 Å². The zero-order chi connectivity index (χ0) is 34.7. The molecule has 1 atom stereocenters. The van der Waals surface area contributed by atoms with Crippen LogP contribution in [0.15, 0.2) is 84.9 Å². The first-order valence-electron chi connectivity index (χ1n) is 15.0. The molecule has 0 spiro atoms. The van der Waals surface area contributed by atoms with Crippen molar-refractivity contribution in [3.63, 3.8) is 0 Å². The van der Waals surface area contributed by atoms with Crippen LogP contribution in [0.1, 0.15) is 36.0 Å². The summed E-state index contributed by atoms with van der Waals surface area (Å²) in [6, 6.07) is 23.4. The van der Waals surface area contributed by atoms with Gasteiger partial charge in [0, 0.05) is 44.0 Å². The molecule has 0 aliphatic carbocycles. The fourth-order valence-electron chi connectivity index (χ4n) is 6.31. The van der Waals surface area contributed by atoms with E-state index in [1.807, 2.05) is 0 Å². The average molecular weight is 690 g/mol. The van der Waals surface area contributed by atoms with Gasteiger partial charge in [0.2, 0.25) is 5.91 Å².